The van der Waals surface area contributed by atoms with Crippen molar-refractivity contribution in [3.8, 4) is 11.4 Å². The van der Waals surface area contributed by atoms with E-state index in [0.29, 0.717) is 10.8 Å². The van der Waals surface area contributed by atoms with Crippen molar-refractivity contribution in [1.82, 2.24) is 14.8 Å². The van der Waals surface area contributed by atoms with Gasteiger partial charge in [0, 0.05) is 21.9 Å². The Balaban J connectivity index is 2.12. The SMILES string of the molecule is CC1CCc2c(-c3n[nH]c(=S)n3C(C)C)csc2C1. The van der Waals surface area contributed by atoms with Gasteiger partial charge in [0.15, 0.2) is 10.6 Å². The number of H-pyrrole nitrogens is 1. The maximum atomic E-state index is 5.34. The van der Waals surface area contributed by atoms with Gasteiger partial charge >= 0.3 is 0 Å². The molecule has 0 saturated heterocycles. The van der Waals surface area contributed by atoms with E-state index < -0.39 is 0 Å². The molecule has 0 amide bonds. The van der Waals surface area contributed by atoms with Crippen LogP contribution in [-0.2, 0) is 12.8 Å². The fourth-order valence-corrected chi connectivity index (χ4v) is 4.42. The second-order valence-corrected chi connectivity index (χ2v) is 7.07. The van der Waals surface area contributed by atoms with Crippen molar-refractivity contribution in [2.75, 3.05) is 0 Å². The van der Waals surface area contributed by atoms with Crippen molar-refractivity contribution in [2.45, 2.75) is 46.1 Å². The highest BCUT2D eigenvalue weighted by Crippen LogP contribution is 2.37. The summed E-state index contributed by atoms with van der Waals surface area (Å²) in [5.74, 6) is 1.82. The van der Waals surface area contributed by atoms with Crippen LogP contribution in [0.1, 0.15) is 43.7 Å². The summed E-state index contributed by atoms with van der Waals surface area (Å²) in [7, 11) is 0. The summed E-state index contributed by atoms with van der Waals surface area (Å²) in [5, 5.41) is 9.66. The van der Waals surface area contributed by atoms with Crippen molar-refractivity contribution in [1.29, 1.82) is 0 Å². The molecule has 3 rings (SSSR count). The largest absolute Gasteiger partial charge is 0.298 e. The van der Waals surface area contributed by atoms with Crippen LogP contribution in [0.25, 0.3) is 11.4 Å². The van der Waals surface area contributed by atoms with Gasteiger partial charge in [0.05, 0.1) is 0 Å². The van der Waals surface area contributed by atoms with Gasteiger partial charge in [-0.05, 0) is 56.8 Å². The van der Waals surface area contributed by atoms with Crippen LogP contribution < -0.4 is 0 Å². The molecule has 102 valence electrons. The number of nitrogens with one attached hydrogen (secondary N) is 1. The molecule has 5 heteroatoms. The lowest BCUT2D eigenvalue weighted by atomic mass is 9.88. The highest BCUT2D eigenvalue weighted by molar-refractivity contribution is 7.71. The highest BCUT2D eigenvalue weighted by Gasteiger charge is 2.23. The van der Waals surface area contributed by atoms with Crippen LogP contribution in [0, 0.1) is 10.7 Å². The van der Waals surface area contributed by atoms with Crippen LogP contribution in [0.5, 0.6) is 0 Å². The molecule has 1 atom stereocenters. The third kappa shape index (κ3) is 2.19. The number of hydrogen-bond acceptors (Lipinski definition) is 3. The second-order valence-electron chi connectivity index (χ2n) is 5.72. The van der Waals surface area contributed by atoms with Gasteiger partial charge in [-0.2, -0.15) is 5.10 Å². The lowest BCUT2D eigenvalue weighted by Crippen LogP contribution is -2.10. The molecule has 0 aromatic carbocycles. The number of thiophene rings is 1. The summed E-state index contributed by atoms with van der Waals surface area (Å²) in [5.41, 5.74) is 2.78. The molecule has 3 nitrogen and oxygen atoms in total. The van der Waals surface area contributed by atoms with Crippen molar-refractivity contribution in [2.24, 2.45) is 5.92 Å². The van der Waals surface area contributed by atoms with E-state index in [4.69, 9.17) is 12.2 Å². The Morgan fingerprint density at radius 2 is 2.32 bits per heavy atom. The first kappa shape index (κ1) is 13.1. The normalized spacial score (nSPS) is 18.8. The molecule has 1 N–H and O–H groups in total. The van der Waals surface area contributed by atoms with E-state index in [2.05, 4.69) is 40.9 Å². The zero-order valence-electron chi connectivity index (χ0n) is 11.6. The first-order valence-electron chi connectivity index (χ1n) is 6.84. The van der Waals surface area contributed by atoms with Crippen molar-refractivity contribution < 1.29 is 0 Å². The van der Waals surface area contributed by atoms with Crippen LogP contribution in [0.3, 0.4) is 0 Å². The first-order valence-corrected chi connectivity index (χ1v) is 8.13. The van der Waals surface area contributed by atoms with Crippen LogP contribution >= 0.6 is 23.6 Å². The minimum atomic E-state index is 0.333. The molecule has 0 bridgehead atoms. The maximum absolute atomic E-state index is 5.34. The summed E-state index contributed by atoms with van der Waals surface area (Å²) >= 11 is 7.22. The van der Waals surface area contributed by atoms with Gasteiger partial charge in [-0.1, -0.05) is 6.92 Å². The van der Waals surface area contributed by atoms with E-state index >= 15 is 0 Å². The molecule has 2 aromatic rings. The lowest BCUT2D eigenvalue weighted by Gasteiger charge is -2.19. The Morgan fingerprint density at radius 3 is 3.05 bits per heavy atom. The van der Waals surface area contributed by atoms with Gasteiger partial charge in [0.25, 0.3) is 0 Å². The number of hydrogen-bond donors (Lipinski definition) is 1. The Kier molecular flexibility index (Phi) is 3.35. The van der Waals surface area contributed by atoms with Gasteiger partial charge in [0.1, 0.15) is 0 Å². The Hall–Kier alpha value is -0.940. The number of aromatic nitrogens is 3. The van der Waals surface area contributed by atoms with Gasteiger partial charge < -0.3 is 0 Å². The van der Waals surface area contributed by atoms with E-state index in [1.54, 1.807) is 0 Å². The minimum absolute atomic E-state index is 0.333. The van der Waals surface area contributed by atoms with Gasteiger partial charge in [0.2, 0.25) is 0 Å². The number of aromatic amines is 1. The molecule has 2 aromatic heterocycles. The van der Waals surface area contributed by atoms with Crippen LogP contribution in [-0.4, -0.2) is 14.8 Å². The van der Waals surface area contributed by atoms with Crippen LogP contribution in [0.2, 0.25) is 0 Å². The monoisotopic (exact) mass is 293 g/mol. The molecule has 1 aliphatic carbocycles. The molecule has 0 spiro atoms. The smallest absolute Gasteiger partial charge is 0.195 e. The topological polar surface area (TPSA) is 33.6 Å². The summed E-state index contributed by atoms with van der Waals surface area (Å²) in [4.78, 5) is 1.54. The second kappa shape index (κ2) is 4.87. The molecule has 2 heterocycles. The molecule has 1 unspecified atom stereocenters. The average molecular weight is 293 g/mol. The van der Waals surface area contributed by atoms with Crippen LogP contribution in [0.4, 0.5) is 0 Å². The molecule has 0 aliphatic heterocycles. The summed E-state index contributed by atoms with van der Waals surface area (Å²) in [6, 6.07) is 0.333. The molecule has 0 fully saturated rings. The van der Waals surface area contributed by atoms with Gasteiger partial charge in [-0.3, -0.25) is 9.67 Å². The summed E-state index contributed by atoms with van der Waals surface area (Å²) < 4.78 is 2.84. The van der Waals surface area contributed by atoms with E-state index in [9.17, 15) is 0 Å². The standard InChI is InChI=1S/C14H19N3S2/c1-8(2)17-13(15-16-14(17)18)11-7-19-12-6-9(3)4-5-10(11)12/h7-9H,4-6H2,1-3H3,(H,16,18). The predicted molar refractivity (Wildman–Crippen MR) is 82.3 cm³/mol. The van der Waals surface area contributed by atoms with E-state index in [1.807, 2.05) is 11.3 Å². The zero-order chi connectivity index (χ0) is 13.6. The molecule has 1 aliphatic rings. The molecular weight excluding hydrogens is 274 g/mol. The van der Waals surface area contributed by atoms with Crippen LogP contribution in [0.15, 0.2) is 5.38 Å². The van der Waals surface area contributed by atoms with E-state index in [0.717, 1.165) is 11.7 Å². The first-order chi connectivity index (χ1) is 9.08. The fourth-order valence-electron chi connectivity index (χ4n) is 2.84. The summed E-state index contributed by atoms with van der Waals surface area (Å²) in [6.45, 7) is 6.64. The fraction of sp³-hybridized carbons (Fsp3) is 0.571. The van der Waals surface area contributed by atoms with Gasteiger partial charge in [-0.25, -0.2) is 0 Å². The average Bonchev–Trinajstić information content (AvgIpc) is 2.91. The zero-order valence-corrected chi connectivity index (χ0v) is 13.2. The minimum Gasteiger partial charge on any atom is -0.298 e. The highest BCUT2D eigenvalue weighted by atomic mass is 32.1. The third-order valence-corrected chi connectivity index (χ3v) is 5.20. The van der Waals surface area contributed by atoms with Crippen molar-refractivity contribution in [3.05, 3.63) is 20.6 Å². The molecule has 0 radical (unpaired) electrons. The Labute approximate surface area is 122 Å². The number of fused-ring (bicyclic) bond motifs is 1. The summed E-state index contributed by atoms with van der Waals surface area (Å²) in [6.07, 6.45) is 3.67. The predicted octanol–water partition coefficient (Wildman–Crippen LogP) is 4.37. The quantitative estimate of drug-likeness (QED) is 0.834. The molecule has 0 saturated carbocycles. The van der Waals surface area contributed by atoms with Crippen molar-refractivity contribution >= 4 is 23.6 Å². The molecular formula is C14H19N3S2. The third-order valence-electron chi connectivity index (χ3n) is 3.86. The Bertz CT molecular complexity index is 648. The molecule has 19 heavy (non-hydrogen) atoms. The number of nitrogens with zero attached hydrogens (tertiary/aromatic N) is 2. The van der Waals surface area contributed by atoms with Crippen molar-refractivity contribution in [3.63, 3.8) is 0 Å². The Morgan fingerprint density at radius 1 is 1.53 bits per heavy atom. The van der Waals surface area contributed by atoms with Gasteiger partial charge in [-0.15, -0.1) is 11.3 Å². The van der Waals surface area contributed by atoms with E-state index in [-0.39, 0.29) is 0 Å². The van der Waals surface area contributed by atoms with E-state index in [1.165, 1.54) is 35.3 Å². The maximum Gasteiger partial charge on any atom is 0.195 e. The number of rotatable bonds is 2. The lowest BCUT2D eigenvalue weighted by molar-refractivity contribution is 0.507.